The second-order valence-corrected chi connectivity index (χ2v) is 7.06. The summed E-state index contributed by atoms with van der Waals surface area (Å²) in [6, 6.07) is 4.88. The van der Waals surface area contributed by atoms with Crippen LogP contribution in [0.3, 0.4) is 0 Å². The fourth-order valence-electron chi connectivity index (χ4n) is 2.26. The van der Waals surface area contributed by atoms with Crippen LogP contribution in [0.2, 0.25) is 0 Å². The molecule has 2 nitrogen and oxygen atoms in total. The summed E-state index contributed by atoms with van der Waals surface area (Å²) in [5.41, 5.74) is 0. The number of halogens is 1. The molecule has 2 heterocycles. The highest BCUT2D eigenvalue weighted by molar-refractivity contribution is 9.11. The number of ether oxygens (including phenoxy) is 1. The van der Waals surface area contributed by atoms with Crippen LogP contribution in [-0.4, -0.2) is 18.2 Å². The van der Waals surface area contributed by atoms with Crippen molar-refractivity contribution < 1.29 is 4.74 Å². The van der Waals surface area contributed by atoms with Crippen molar-refractivity contribution in [2.75, 3.05) is 0 Å². The molecule has 0 radical (unpaired) electrons. The van der Waals surface area contributed by atoms with Crippen molar-refractivity contribution in [3.8, 4) is 0 Å². The highest BCUT2D eigenvalue weighted by Gasteiger charge is 2.23. The zero-order chi connectivity index (χ0) is 11.5. The number of rotatable bonds is 3. The molecule has 1 aromatic rings. The van der Waals surface area contributed by atoms with E-state index in [-0.39, 0.29) is 0 Å². The molecule has 0 amide bonds. The van der Waals surface area contributed by atoms with Crippen molar-refractivity contribution in [3.05, 3.63) is 20.8 Å². The van der Waals surface area contributed by atoms with E-state index in [1.54, 1.807) is 11.3 Å². The van der Waals surface area contributed by atoms with Crippen molar-refractivity contribution >= 4 is 27.3 Å². The maximum atomic E-state index is 5.73. The molecule has 0 aliphatic carbocycles. The van der Waals surface area contributed by atoms with E-state index in [9.17, 15) is 0 Å². The molecule has 1 aromatic heterocycles. The molecule has 1 N–H and O–H groups in total. The third kappa shape index (κ3) is 3.55. The van der Waals surface area contributed by atoms with E-state index in [4.69, 9.17) is 4.74 Å². The minimum absolute atomic E-state index is 0.385. The average molecular weight is 304 g/mol. The van der Waals surface area contributed by atoms with E-state index in [0.29, 0.717) is 18.2 Å². The number of thiophene rings is 1. The largest absolute Gasteiger partial charge is 0.375 e. The summed E-state index contributed by atoms with van der Waals surface area (Å²) < 4.78 is 6.93. The summed E-state index contributed by atoms with van der Waals surface area (Å²) in [5.74, 6) is 0. The summed E-state index contributed by atoms with van der Waals surface area (Å²) in [4.78, 5) is 1.39. The first-order valence-corrected chi connectivity index (χ1v) is 7.37. The standard InChI is InChI=1S/C12H18BrNOS/c1-8-5-10(6-9(2)15-8)14-7-11-3-4-12(13)16-11/h3-4,8-10,14H,5-7H2,1-2H3. The minimum Gasteiger partial charge on any atom is -0.375 e. The average Bonchev–Trinajstić information content (AvgIpc) is 2.60. The van der Waals surface area contributed by atoms with Gasteiger partial charge in [-0.2, -0.15) is 0 Å². The zero-order valence-electron chi connectivity index (χ0n) is 9.70. The molecule has 0 saturated carbocycles. The highest BCUT2D eigenvalue weighted by Crippen LogP contribution is 2.23. The van der Waals surface area contributed by atoms with Crippen molar-refractivity contribution in [2.24, 2.45) is 0 Å². The van der Waals surface area contributed by atoms with Crippen molar-refractivity contribution in [1.82, 2.24) is 5.32 Å². The van der Waals surface area contributed by atoms with Crippen LogP contribution in [0, 0.1) is 0 Å². The molecule has 2 rings (SSSR count). The van der Waals surface area contributed by atoms with Gasteiger partial charge < -0.3 is 10.1 Å². The Kier molecular flexibility index (Phi) is 4.41. The summed E-state index contributed by atoms with van der Waals surface area (Å²) in [6.07, 6.45) is 3.01. The molecule has 1 fully saturated rings. The van der Waals surface area contributed by atoms with Gasteiger partial charge in [0, 0.05) is 17.5 Å². The molecule has 16 heavy (non-hydrogen) atoms. The number of hydrogen-bond donors (Lipinski definition) is 1. The zero-order valence-corrected chi connectivity index (χ0v) is 12.1. The fraction of sp³-hybridized carbons (Fsp3) is 0.667. The van der Waals surface area contributed by atoms with Crippen LogP contribution in [0.15, 0.2) is 15.9 Å². The van der Waals surface area contributed by atoms with Gasteiger partial charge in [0.15, 0.2) is 0 Å². The van der Waals surface area contributed by atoms with E-state index < -0.39 is 0 Å². The molecular formula is C12H18BrNOS. The number of nitrogens with one attached hydrogen (secondary N) is 1. The van der Waals surface area contributed by atoms with Crippen LogP contribution in [0.25, 0.3) is 0 Å². The highest BCUT2D eigenvalue weighted by atomic mass is 79.9. The Balaban J connectivity index is 1.81. The molecule has 1 aliphatic rings. The molecule has 0 aromatic carbocycles. The van der Waals surface area contributed by atoms with Crippen LogP contribution in [0.5, 0.6) is 0 Å². The van der Waals surface area contributed by atoms with Crippen LogP contribution in [0.1, 0.15) is 31.6 Å². The van der Waals surface area contributed by atoms with E-state index in [0.717, 1.165) is 19.4 Å². The monoisotopic (exact) mass is 303 g/mol. The van der Waals surface area contributed by atoms with Crippen molar-refractivity contribution in [3.63, 3.8) is 0 Å². The lowest BCUT2D eigenvalue weighted by atomic mass is 10.00. The number of hydrogen-bond acceptors (Lipinski definition) is 3. The Morgan fingerprint density at radius 1 is 1.38 bits per heavy atom. The lowest BCUT2D eigenvalue weighted by Crippen LogP contribution is -2.40. The SMILES string of the molecule is CC1CC(NCc2ccc(Br)s2)CC(C)O1. The first kappa shape index (κ1) is 12.6. The summed E-state index contributed by atoms with van der Waals surface area (Å²) in [5, 5.41) is 3.62. The Morgan fingerprint density at radius 3 is 2.62 bits per heavy atom. The normalized spacial score (nSPS) is 30.6. The van der Waals surface area contributed by atoms with Crippen LogP contribution in [0.4, 0.5) is 0 Å². The van der Waals surface area contributed by atoms with Gasteiger partial charge in [-0.15, -0.1) is 11.3 Å². The van der Waals surface area contributed by atoms with Gasteiger partial charge >= 0.3 is 0 Å². The lowest BCUT2D eigenvalue weighted by molar-refractivity contribution is -0.0422. The van der Waals surface area contributed by atoms with Crippen LogP contribution >= 0.6 is 27.3 Å². The van der Waals surface area contributed by atoms with Crippen LogP contribution in [-0.2, 0) is 11.3 Å². The van der Waals surface area contributed by atoms with Crippen LogP contribution < -0.4 is 5.32 Å². The molecule has 2 atom stereocenters. The summed E-state index contributed by atoms with van der Waals surface area (Å²) in [6.45, 7) is 5.29. The van der Waals surface area contributed by atoms with Gasteiger partial charge in [-0.05, 0) is 54.8 Å². The van der Waals surface area contributed by atoms with E-state index in [1.807, 2.05) is 0 Å². The second kappa shape index (κ2) is 5.63. The topological polar surface area (TPSA) is 21.3 Å². The van der Waals surface area contributed by atoms with Gasteiger partial charge in [-0.25, -0.2) is 0 Å². The van der Waals surface area contributed by atoms with E-state index in [2.05, 4.69) is 47.2 Å². The maximum absolute atomic E-state index is 5.73. The van der Waals surface area contributed by atoms with Gasteiger partial charge in [-0.3, -0.25) is 0 Å². The lowest BCUT2D eigenvalue weighted by Gasteiger charge is -2.32. The quantitative estimate of drug-likeness (QED) is 0.922. The maximum Gasteiger partial charge on any atom is 0.0701 e. The fourth-order valence-corrected chi connectivity index (χ4v) is 3.70. The molecule has 0 bridgehead atoms. The Labute approximate surface area is 110 Å². The first-order valence-electron chi connectivity index (χ1n) is 5.76. The molecular weight excluding hydrogens is 286 g/mol. The van der Waals surface area contributed by atoms with E-state index >= 15 is 0 Å². The van der Waals surface area contributed by atoms with Gasteiger partial charge in [-0.1, -0.05) is 0 Å². The van der Waals surface area contributed by atoms with Crippen molar-refractivity contribution in [2.45, 2.75) is 51.5 Å². The molecule has 4 heteroatoms. The molecule has 1 aliphatic heterocycles. The molecule has 2 unspecified atom stereocenters. The second-order valence-electron chi connectivity index (χ2n) is 4.51. The smallest absolute Gasteiger partial charge is 0.0701 e. The molecule has 0 spiro atoms. The molecule has 90 valence electrons. The van der Waals surface area contributed by atoms with Crippen molar-refractivity contribution in [1.29, 1.82) is 0 Å². The van der Waals surface area contributed by atoms with E-state index in [1.165, 1.54) is 8.66 Å². The molecule has 1 saturated heterocycles. The minimum atomic E-state index is 0.385. The van der Waals surface area contributed by atoms with Gasteiger partial charge in [0.25, 0.3) is 0 Å². The Hall–Kier alpha value is 0.1000. The van der Waals surface area contributed by atoms with Gasteiger partial charge in [0.2, 0.25) is 0 Å². The predicted octanol–water partition coefficient (Wildman–Crippen LogP) is 3.56. The van der Waals surface area contributed by atoms with Gasteiger partial charge in [0.1, 0.15) is 0 Å². The summed E-state index contributed by atoms with van der Waals surface area (Å²) >= 11 is 5.29. The predicted molar refractivity (Wildman–Crippen MR) is 71.9 cm³/mol. The first-order chi connectivity index (χ1) is 7.63. The third-order valence-corrected chi connectivity index (χ3v) is 4.51. The Morgan fingerprint density at radius 2 is 2.06 bits per heavy atom. The van der Waals surface area contributed by atoms with Gasteiger partial charge in [0.05, 0.1) is 16.0 Å². The third-order valence-electron chi connectivity index (χ3n) is 2.89. The summed E-state index contributed by atoms with van der Waals surface area (Å²) in [7, 11) is 0. The Bertz CT molecular complexity index is 332.